The van der Waals surface area contributed by atoms with Crippen LogP contribution >= 0.6 is 38.9 Å². The number of hydrogen-bond acceptors (Lipinski definition) is 2. The number of rotatable bonds is 4. The summed E-state index contributed by atoms with van der Waals surface area (Å²) in [6.45, 7) is 3.57. The maximum Gasteiger partial charge on any atom is 0.0701 e. The molecule has 4 heteroatoms. The number of likely N-dealkylation sites (tertiary alicyclic amines) is 1. The fourth-order valence-electron chi connectivity index (χ4n) is 2.34. The molecular weight excluding hydrogens is 306 g/mol. The van der Waals surface area contributed by atoms with Crippen molar-refractivity contribution in [1.29, 1.82) is 0 Å². The van der Waals surface area contributed by atoms with Gasteiger partial charge in [0.15, 0.2) is 0 Å². The highest BCUT2D eigenvalue weighted by atomic mass is 79.9. The Morgan fingerprint density at radius 2 is 2.38 bits per heavy atom. The molecule has 0 aromatic carbocycles. The third-order valence-corrected chi connectivity index (χ3v) is 4.96. The largest absolute Gasteiger partial charge is 0.298 e. The summed E-state index contributed by atoms with van der Waals surface area (Å²) in [5.41, 5.74) is 0. The zero-order valence-electron chi connectivity index (χ0n) is 9.29. The minimum atomic E-state index is 0.809. The lowest BCUT2D eigenvalue weighted by molar-refractivity contribution is 0.166. The van der Waals surface area contributed by atoms with Crippen LogP contribution in [-0.4, -0.2) is 23.9 Å². The van der Waals surface area contributed by atoms with Crippen molar-refractivity contribution >= 4 is 38.9 Å². The molecule has 1 nitrogen and oxygen atoms in total. The molecule has 0 aliphatic carbocycles. The van der Waals surface area contributed by atoms with Gasteiger partial charge in [-0.3, -0.25) is 4.90 Å². The summed E-state index contributed by atoms with van der Waals surface area (Å²) in [6.07, 6.45) is 3.86. The van der Waals surface area contributed by atoms with E-state index in [2.05, 4.69) is 33.0 Å². The van der Waals surface area contributed by atoms with Crippen molar-refractivity contribution in [2.75, 3.05) is 19.0 Å². The van der Waals surface area contributed by atoms with Gasteiger partial charge in [-0.05, 0) is 59.8 Å². The molecule has 90 valence electrons. The highest BCUT2D eigenvalue weighted by molar-refractivity contribution is 9.11. The zero-order valence-corrected chi connectivity index (χ0v) is 12.5. The van der Waals surface area contributed by atoms with Gasteiger partial charge in [0.25, 0.3) is 0 Å². The van der Waals surface area contributed by atoms with Crippen molar-refractivity contribution in [3.05, 3.63) is 20.8 Å². The monoisotopic (exact) mass is 321 g/mol. The molecule has 0 amide bonds. The lowest BCUT2D eigenvalue weighted by Crippen LogP contribution is -2.34. The second-order valence-corrected chi connectivity index (χ2v) is 7.35. The Balaban J connectivity index is 1.85. The number of halogens is 2. The van der Waals surface area contributed by atoms with Crippen LogP contribution in [0, 0.1) is 5.92 Å². The van der Waals surface area contributed by atoms with Crippen LogP contribution in [0.25, 0.3) is 0 Å². The van der Waals surface area contributed by atoms with Crippen LogP contribution in [0.15, 0.2) is 15.9 Å². The maximum atomic E-state index is 5.82. The average Bonchev–Trinajstić information content (AvgIpc) is 2.65. The van der Waals surface area contributed by atoms with Gasteiger partial charge in [-0.15, -0.1) is 22.9 Å². The average molecular weight is 323 g/mol. The van der Waals surface area contributed by atoms with E-state index in [-0.39, 0.29) is 0 Å². The lowest BCUT2D eigenvalue weighted by atomic mass is 9.95. The number of piperidine rings is 1. The first-order chi connectivity index (χ1) is 7.78. The SMILES string of the molecule is ClCCC1CCCN(Cc2ccc(Br)s2)C1. The molecule has 1 unspecified atom stereocenters. The molecule has 1 aliphatic rings. The van der Waals surface area contributed by atoms with Crippen molar-refractivity contribution in [3.63, 3.8) is 0 Å². The summed E-state index contributed by atoms with van der Waals surface area (Å²) in [5.74, 6) is 1.62. The second-order valence-electron chi connectivity index (χ2n) is 4.43. The van der Waals surface area contributed by atoms with Gasteiger partial charge in [0, 0.05) is 23.8 Å². The minimum absolute atomic E-state index is 0.809. The van der Waals surface area contributed by atoms with Gasteiger partial charge in [-0.25, -0.2) is 0 Å². The number of nitrogens with zero attached hydrogens (tertiary/aromatic N) is 1. The molecule has 1 saturated heterocycles. The van der Waals surface area contributed by atoms with Crippen molar-refractivity contribution in [2.45, 2.75) is 25.8 Å². The van der Waals surface area contributed by atoms with Crippen molar-refractivity contribution in [1.82, 2.24) is 4.90 Å². The molecule has 1 fully saturated rings. The van der Waals surface area contributed by atoms with Crippen LogP contribution in [-0.2, 0) is 6.54 Å². The van der Waals surface area contributed by atoms with Crippen LogP contribution < -0.4 is 0 Å². The quantitative estimate of drug-likeness (QED) is 0.745. The summed E-state index contributed by atoms with van der Waals surface area (Å²) in [6, 6.07) is 4.36. The molecule has 1 aromatic heterocycles. The molecule has 2 rings (SSSR count). The Morgan fingerprint density at radius 3 is 3.06 bits per heavy atom. The molecule has 1 aromatic rings. The lowest BCUT2D eigenvalue weighted by Gasteiger charge is -2.32. The van der Waals surface area contributed by atoms with E-state index in [0.29, 0.717) is 0 Å². The van der Waals surface area contributed by atoms with Crippen molar-refractivity contribution < 1.29 is 0 Å². The van der Waals surface area contributed by atoms with Crippen LogP contribution in [0.3, 0.4) is 0 Å². The first-order valence-electron chi connectivity index (χ1n) is 5.80. The molecule has 1 atom stereocenters. The van der Waals surface area contributed by atoms with Gasteiger partial charge >= 0.3 is 0 Å². The van der Waals surface area contributed by atoms with Crippen LogP contribution in [0.4, 0.5) is 0 Å². The third-order valence-electron chi connectivity index (χ3n) is 3.13. The van der Waals surface area contributed by atoms with E-state index in [1.807, 2.05) is 11.3 Å². The molecular formula is C12H17BrClNS. The Hall–Kier alpha value is 0.430. The van der Waals surface area contributed by atoms with Crippen molar-refractivity contribution in [2.24, 2.45) is 5.92 Å². The molecule has 0 N–H and O–H groups in total. The van der Waals surface area contributed by atoms with Crippen LogP contribution in [0.2, 0.25) is 0 Å². The van der Waals surface area contributed by atoms with E-state index in [4.69, 9.17) is 11.6 Å². The van der Waals surface area contributed by atoms with Gasteiger partial charge in [-0.2, -0.15) is 0 Å². The van der Waals surface area contributed by atoms with Crippen LogP contribution in [0.5, 0.6) is 0 Å². The van der Waals surface area contributed by atoms with Gasteiger partial charge < -0.3 is 0 Å². The Kier molecular flexibility index (Phi) is 5.14. The van der Waals surface area contributed by atoms with Gasteiger partial charge in [0.2, 0.25) is 0 Å². The third kappa shape index (κ3) is 3.73. The second kappa shape index (κ2) is 6.39. The fourth-order valence-corrected chi connectivity index (χ4v) is 4.18. The van der Waals surface area contributed by atoms with Gasteiger partial charge in [0.05, 0.1) is 3.79 Å². The predicted molar refractivity (Wildman–Crippen MR) is 75.4 cm³/mol. The van der Waals surface area contributed by atoms with Crippen molar-refractivity contribution in [3.8, 4) is 0 Å². The summed E-state index contributed by atoms with van der Waals surface area (Å²) in [7, 11) is 0. The normalized spacial score (nSPS) is 22.5. The molecule has 16 heavy (non-hydrogen) atoms. The minimum Gasteiger partial charge on any atom is -0.298 e. The topological polar surface area (TPSA) is 3.24 Å². The summed E-state index contributed by atoms with van der Waals surface area (Å²) >= 11 is 11.2. The van der Waals surface area contributed by atoms with E-state index in [9.17, 15) is 0 Å². The Morgan fingerprint density at radius 1 is 1.50 bits per heavy atom. The number of hydrogen-bond donors (Lipinski definition) is 0. The Bertz CT molecular complexity index is 327. The summed E-state index contributed by atoms with van der Waals surface area (Å²) < 4.78 is 1.23. The number of alkyl halides is 1. The van der Waals surface area contributed by atoms with E-state index >= 15 is 0 Å². The van der Waals surface area contributed by atoms with E-state index in [0.717, 1.165) is 18.3 Å². The van der Waals surface area contributed by atoms with Gasteiger partial charge in [0.1, 0.15) is 0 Å². The standard InChI is InChI=1S/C12H17BrClNS/c13-12-4-3-11(16-12)9-15-7-1-2-10(8-15)5-6-14/h3-4,10H,1-2,5-9H2. The molecule has 0 saturated carbocycles. The molecule has 1 aliphatic heterocycles. The smallest absolute Gasteiger partial charge is 0.0701 e. The first-order valence-corrected chi connectivity index (χ1v) is 7.95. The maximum absolute atomic E-state index is 5.82. The predicted octanol–water partition coefficient (Wildman–Crippen LogP) is 4.35. The Labute approximate surface area is 115 Å². The van der Waals surface area contributed by atoms with Gasteiger partial charge in [-0.1, -0.05) is 0 Å². The molecule has 2 heterocycles. The first kappa shape index (κ1) is 12.9. The highest BCUT2D eigenvalue weighted by Crippen LogP contribution is 2.26. The zero-order chi connectivity index (χ0) is 11.4. The van der Waals surface area contributed by atoms with E-state index in [1.165, 1.54) is 41.0 Å². The summed E-state index contributed by atoms with van der Waals surface area (Å²) in [4.78, 5) is 4.03. The molecule has 0 bridgehead atoms. The molecule has 0 radical (unpaired) electrons. The van der Waals surface area contributed by atoms with E-state index < -0.39 is 0 Å². The van der Waals surface area contributed by atoms with Crippen LogP contribution in [0.1, 0.15) is 24.1 Å². The fraction of sp³-hybridized carbons (Fsp3) is 0.667. The number of thiophene rings is 1. The summed E-state index contributed by atoms with van der Waals surface area (Å²) in [5, 5.41) is 0. The molecule has 0 spiro atoms. The highest BCUT2D eigenvalue weighted by Gasteiger charge is 2.19. The van der Waals surface area contributed by atoms with E-state index in [1.54, 1.807) is 0 Å².